The number of benzene rings is 2. The molecule has 2 heterocycles. The van der Waals surface area contributed by atoms with Gasteiger partial charge in [-0.05, 0) is 32.3 Å². The highest BCUT2D eigenvalue weighted by molar-refractivity contribution is 7.13. The highest BCUT2D eigenvalue weighted by atomic mass is 32.1. The number of likely N-dealkylation sites (N-methyl/N-ethyl adjacent to an activating group) is 1. The first-order chi connectivity index (χ1) is 13.6. The summed E-state index contributed by atoms with van der Waals surface area (Å²) in [4.78, 5) is 19.0. The molecule has 2 N–H and O–H groups in total. The van der Waals surface area contributed by atoms with E-state index in [0.717, 1.165) is 39.4 Å². The van der Waals surface area contributed by atoms with E-state index in [1.54, 1.807) is 11.3 Å². The molecule has 0 saturated carbocycles. The fraction of sp³-hybridized carbons (Fsp3) is 0.190. The predicted molar refractivity (Wildman–Crippen MR) is 114 cm³/mol. The summed E-state index contributed by atoms with van der Waals surface area (Å²) in [5.41, 5.74) is 4.37. The molecule has 0 aliphatic rings. The van der Waals surface area contributed by atoms with Crippen LogP contribution in [0.4, 0.5) is 0 Å². The van der Waals surface area contributed by atoms with Gasteiger partial charge in [-0.3, -0.25) is 9.89 Å². The van der Waals surface area contributed by atoms with Crippen molar-refractivity contribution in [2.24, 2.45) is 0 Å². The van der Waals surface area contributed by atoms with Crippen LogP contribution in [0.25, 0.3) is 32.9 Å². The van der Waals surface area contributed by atoms with E-state index in [4.69, 9.17) is 4.98 Å². The number of thiazole rings is 1. The minimum Gasteiger partial charge on any atom is -0.351 e. The average Bonchev–Trinajstić information content (AvgIpc) is 3.34. The zero-order valence-corrected chi connectivity index (χ0v) is 16.6. The van der Waals surface area contributed by atoms with Crippen LogP contribution in [0.2, 0.25) is 0 Å². The molecule has 28 heavy (non-hydrogen) atoms. The minimum absolute atomic E-state index is 0.0599. The quantitative estimate of drug-likeness (QED) is 0.526. The molecule has 0 saturated heterocycles. The molecule has 0 bridgehead atoms. The lowest BCUT2D eigenvalue weighted by Crippen LogP contribution is -2.31. The van der Waals surface area contributed by atoms with Crippen molar-refractivity contribution in [3.63, 3.8) is 0 Å². The van der Waals surface area contributed by atoms with E-state index in [9.17, 15) is 4.79 Å². The van der Waals surface area contributed by atoms with Gasteiger partial charge in [0.25, 0.3) is 5.91 Å². The highest BCUT2D eigenvalue weighted by Crippen LogP contribution is 2.31. The maximum atomic E-state index is 12.2. The van der Waals surface area contributed by atoms with Crippen LogP contribution in [-0.2, 0) is 0 Å². The van der Waals surface area contributed by atoms with Crippen LogP contribution in [0.5, 0.6) is 0 Å². The van der Waals surface area contributed by atoms with Crippen molar-refractivity contribution >= 4 is 28.1 Å². The van der Waals surface area contributed by atoms with Gasteiger partial charge in [0.2, 0.25) is 0 Å². The highest BCUT2D eigenvalue weighted by Gasteiger charge is 2.13. The first kappa shape index (κ1) is 18.3. The lowest BCUT2D eigenvalue weighted by Gasteiger charge is -2.10. The molecule has 0 radical (unpaired) electrons. The molecule has 0 aliphatic heterocycles. The summed E-state index contributed by atoms with van der Waals surface area (Å²) < 4.78 is 0. The number of rotatable bonds is 6. The molecular formula is C21H21N5OS. The number of carbonyl (C=O) groups is 1. The monoisotopic (exact) mass is 391 g/mol. The van der Waals surface area contributed by atoms with Gasteiger partial charge in [-0.1, -0.05) is 30.3 Å². The summed E-state index contributed by atoms with van der Waals surface area (Å²) in [6.07, 6.45) is 0. The minimum atomic E-state index is -0.0599. The largest absolute Gasteiger partial charge is 0.351 e. The van der Waals surface area contributed by atoms with E-state index >= 15 is 0 Å². The smallest absolute Gasteiger partial charge is 0.251 e. The number of hydrogen-bond acceptors (Lipinski definition) is 5. The van der Waals surface area contributed by atoms with E-state index in [0.29, 0.717) is 12.1 Å². The van der Waals surface area contributed by atoms with Crippen LogP contribution in [-0.4, -0.2) is 53.2 Å². The second kappa shape index (κ2) is 7.92. The Bertz CT molecular complexity index is 1100. The molecular weight excluding hydrogens is 370 g/mol. The Hall–Kier alpha value is -3.03. The Morgan fingerprint density at radius 2 is 1.93 bits per heavy atom. The number of para-hydroxylation sites is 1. The Balaban J connectivity index is 1.50. The molecule has 142 valence electrons. The normalized spacial score (nSPS) is 11.2. The van der Waals surface area contributed by atoms with Gasteiger partial charge in [0.1, 0.15) is 10.7 Å². The summed E-state index contributed by atoms with van der Waals surface area (Å²) >= 11 is 1.56. The van der Waals surface area contributed by atoms with E-state index < -0.39 is 0 Å². The zero-order valence-electron chi connectivity index (χ0n) is 15.8. The number of aromatic amines is 1. The van der Waals surface area contributed by atoms with E-state index in [-0.39, 0.29) is 5.91 Å². The van der Waals surface area contributed by atoms with Crippen molar-refractivity contribution in [3.05, 3.63) is 59.5 Å². The van der Waals surface area contributed by atoms with Gasteiger partial charge in [0.05, 0.1) is 11.2 Å². The maximum Gasteiger partial charge on any atom is 0.251 e. The topological polar surface area (TPSA) is 73.9 Å². The van der Waals surface area contributed by atoms with Crippen molar-refractivity contribution in [2.75, 3.05) is 27.2 Å². The van der Waals surface area contributed by atoms with Crippen LogP contribution in [0.15, 0.2) is 53.9 Å². The second-order valence-corrected chi connectivity index (χ2v) is 7.65. The molecule has 0 spiro atoms. The van der Waals surface area contributed by atoms with Gasteiger partial charge < -0.3 is 10.2 Å². The third-order valence-electron chi connectivity index (χ3n) is 4.46. The Morgan fingerprint density at radius 3 is 2.71 bits per heavy atom. The molecule has 2 aromatic heterocycles. The molecule has 0 unspecified atom stereocenters. The average molecular weight is 392 g/mol. The second-order valence-electron chi connectivity index (χ2n) is 6.79. The first-order valence-electron chi connectivity index (χ1n) is 9.04. The van der Waals surface area contributed by atoms with Gasteiger partial charge in [-0.2, -0.15) is 5.10 Å². The standard InChI is InChI=1S/C21H21N5OS/c1-26(2)12-11-22-20(27)15-9-7-14(8-10-15)18-13-28-21(23-18)19-16-5-3-4-6-17(16)24-25-19/h3-10,13H,11-12H2,1-2H3,(H,22,27)(H,24,25). The van der Waals surface area contributed by atoms with Crippen LogP contribution >= 0.6 is 11.3 Å². The molecule has 4 rings (SSSR count). The summed E-state index contributed by atoms with van der Waals surface area (Å²) in [5.74, 6) is -0.0599. The third kappa shape index (κ3) is 3.81. The Kier molecular flexibility index (Phi) is 5.18. The predicted octanol–water partition coefficient (Wildman–Crippen LogP) is 3.64. The van der Waals surface area contributed by atoms with Crippen molar-refractivity contribution in [1.82, 2.24) is 25.4 Å². The van der Waals surface area contributed by atoms with Crippen molar-refractivity contribution in [3.8, 4) is 22.0 Å². The zero-order chi connectivity index (χ0) is 19.5. The molecule has 2 aromatic carbocycles. The third-order valence-corrected chi connectivity index (χ3v) is 5.31. The molecule has 0 aliphatic carbocycles. The number of aromatic nitrogens is 3. The lowest BCUT2D eigenvalue weighted by atomic mass is 10.1. The summed E-state index contributed by atoms with van der Waals surface area (Å²) in [6.45, 7) is 1.44. The lowest BCUT2D eigenvalue weighted by molar-refractivity contribution is 0.0951. The van der Waals surface area contributed by atoms with Gasteiger partial charge in [0, 0.05) is 35.0 Å². The summed E-state index contributed by atoms with van der Waals surface area (Å²) in [7, 11) is 3.96. The number of nitrogens with one attached hydrogen (secondary N) is 2. The fourth-order valence-electron chi connectivity index (χ4n) is 2.93. The molecule has 4 aromatic rings. The van der Waals surface area contributed by atoms with Crippen LogP contribution in [0.3, 0.4) is 0 Å². The SMILES string of the molecule is CN(C)CCNC(=O)c1ccc(-c2csc(-c3n[nH]c4ccccc34)n2)cc1. The number of carbonyl (C=O) groups excluding carboxylic acids is 1. The Morgan fingerprint density at radius 1 is 1.14 bits per heavy atom. The molecule has 0 atom stereocenters. The maximum absolute atomic E-state index is 12.2. The van der Waals surface area contributed by atoms with Crippen molar-refractivity contribution < 1.29 is 4.79 Å². The van der Waals surface area contributed by atoms with Crippen molar-refractivity contribution in [1.29, 1.82) is 0 Å². The number of nitrogens with zero attached hydrogens (tertiary/aromatic N) is 3. The Labute approximate surface area is 167 Å². The van der Waals surface area contributed by atoms with Crippen LogP contribution in [0, 0.1) is 0 Å². The van der Waals surface area contributed by atoms with Gasteiger partial charge >= 0.3 is 0 Å². The van der Waals surface area contributed by atoms with Gasteiger partial charge in [-0.25, -0.2) is 4.98 Å². The summed E-state index contributed by atoms with van der Waals surface area (Å²) in [5, 5.41) is 14.3. The van der Waals surface area contributed by atoms with Crippen LogP contribution in [0.1, 0.15) is 10.4 Å². The molecule has 7 heteroatoms. The van der Waals surface area contributed by atoms with Gasteiger partial charge in [0.15, 0.2) is 0 Å². The fourth-order valence-corrected chi connectivity index (χ4v) is 3.76. The number of hydrogen-bond donors (Lipinski definition) is 2. The molecule has 1 amide bonds. The van der Waals surface area contributed by atoms with E-state index in [1.807, 2.05) is 72.9 Å². The van der Waals surface area contributed by atoms with E-state index in [1.165, 1.54) is 0 Å². The van der Waals surface area contributed by atoms with Gasteiger partial charge in [-0.15, -0.1) is 11.3 Å². The molecule has 6 nitrogen and oxygen atoms in total. The number of fused-ring (bicyclic) bond motifs is 1. The summed E-state index contributed by atoms with van der Waals surface area (Å²) in [6, 6.07) is 15.6. The number of H-pyrrole nitrogens is 1. The van der Waals surface area contributed by atoms with Crippen molar-refractivity contribution in [2.45, 2.75) is 0 Å². The van der Waals surface area contributed by atoms with Crippen LogP contribution < -0.4 is 5.32 Å². The number of amides is 1. The molecule has 0 fully saturated rings. The first-order valence-corrected chi connectivity index (χ1v) is 9.92. The van der Waals surface area contributed by atoms with E-state index in [2.05, 4.69) is 15.5 Å².